The van der Waals surface area contributed by atoms with Crippen molar-refractivity contribution in [2.75, 3.05) is 25.0 Å². The average Bonchev–Trinajstić information content (AvgIpc) is 2.37. The number of nitrogens with zero attached hydrogens (tertiary/aromatic N) is 2. The summed E-state index contributed by atoms with van der Waals surface area (Å²) in [5.74, 6) is -0.134. The first-order valence-corrected chi connectivity index (χ1v) is 6.86. The number of amides is 1. The molecule has 2 rings (SSSR count). The number of nitro benzene ring substituents is 1. The number of ether oxygens (including phenoxy) is 1. The first-order valence-electron chi connectivity index (χ1n) is 6.86. The average molecular weight is 293 g/mol. The number of carbonyl (C=O) groups excluding carboxylic acids is 1. The maximum absolute atomic E-state index is 12.0. The van der Waals surface area contributed by atoms with E-state index >= 15 is 0 Å². The molecule has 1 heterocycles. The standard InChI is InChI=1S/C14H19N3O4/c1-10-7-16(8-11(2)21-10)9-14(18)15-12-3-5-13(6-4-12)17(19)20/h3-6,10-11H,7-9H2,1-2H3,(H,15,18). The zero-order valence-corrected chi connectivity index (χ0v) is 12.1. The summed E-state index contributed by atoms with van der Waals surface area (Å²) in [6.45, 7) is 5.69. The van der Waals surface area contributed by atoms with Gasteiger partial charge in [-0.25, -0.2) is 0 Å². The van der Waals surface area contributed by atoms with Crippen molar-refractivity contribution in [2.24, 2.45) is 0 Å². The van der Waals surface area contributed by atoms with Crippen LogP contribution >= 0.6 is 0 Å². The first kappa shape index (κ1) is 15.4. The molecule has 1 aromatic rings. The number of anilines is 1. The second-order valence-electron chi connectivity index (χ2n) is 5.30. The van der Waals surface area contributed by atoms with Crippen LogP contribution in [0.1, 0.15) is 13.8 Å². The van der Waals surface area contributed by atoms with Crippen molar-refractivity contribution in [3.05, 3.63) is 34.4 Å². The van der Waals surface area contributed by atoms with Crippen LogP contribution in [-0.4, -0.2) is 47.6 Å². The van der Waals surface area contributed by atoms with Gasteiger partial charge in [0.05, 0.1) is 23.7 Å². The van der Waals surface area contributed by atoms with Crippen LogP contribution in [0.25, 0.3) is 0 Å². The first-order chi connectivity index (χ1) is 9.94. The van der Waals surface area contributed by atoms with E-state index in [1.54, 1.807) is 0 Å². The fraction of sp³-hybridized carbons (Fsp3) is 0.500. The summed E-state index contributed by atoms with van der Waals surface area (Å²) in [6.07, 6.45) is 0.224. The Bertz CT molecular complexity index is 507. The molecule has 1 aromatic carbocycles. The molecule has 1 saturated heterocycles. The van der Waals surface area contributed by atoms with Crippen molar-refractivity contribution in [3.63, 3.8) is 0 Å². The predicted octanol–water partition coefficient (Wildman–Crippen LogP) is 1.64. The molecular formula is C14H19N3O4. The number of carbonyl (C=O) groups is 1. The normalized spacial score (nSPS) is 22.8. The zero-order valence-electron chi connectivity index (χ0n) is 12.1. The molecule has 0 aromatic heterocycles. The number of nitro groups is 1. The van der Waals surface area contributed by atoms with Crippen molar-refractivity contribution in [3.8, 4) is 0 Å². The fourth-order valence-corrected chi connectivity index (χ4v) is 2.48. The molecule has 7 nitrogen and oxygen atoms in total. The van der Waals surface area contributed by atoms with E-state index in [9.17, 15) is 14.9 Å². The maximum Gasteiger partial charge on any atom is 0.269 e. The molecule has 7 heteroatoms. The second-order valence-corrected chi connectivity index (χ2v) is 5.30. The highest BCUT2D eigenvalue weighted by Gasteiger charge is 2.23. The lowest BCUT2D eigenvalue weighted by molar-refractivity contribution is -0.384. The summed E-state index contributed by atoms with van der Waals surface area (Å²) >= 11 is 0. The van der Waals surface area contributed by atoms with Crippen molar-refractivity contribution >= 4 is 17.3 Å². The van der Waals surface area contributed by atoms with Crippen LogP contribution in [0.5, 0.6) is 0 Å². The lowest BCUT2D eigenvalue weighted by Crippen LogP contribution is -2.48. The Morgan fingerprint density at radius 2 is 1.90 bits per heavy atom. The minimum absolute atomic E-state index is 0.00354. The van der Waals surface area contributed by atoms with Gasteiger partial charge in [0.25, 0.3) is 5.69 Å². The molecule has 0 radical (unpaired) electrons. The summed E-state index contributed by atoms with van der Waals surface area (Å²) in [6, 6.07) is 5.80. The third-order valence-corrected chi connectivity index (χ3v) is 3.22. The molecule has 1 aliphatic heterocycles. The molecule has 1 N–H and O–H groups in total. The largest absolute Gasteiger partial charge is 0.373 e. The third-order valence-electron chi connectivity index (χ3n) is 3.22. The number of non-ortho nitro benzene ring substituents is 1. The maximum atomic E-state index is 12.0. The van der Waals surface area contributed by atoms with E-state index in [-0.39, 0.29) is 30.3 Å². The SMILES string of the molecule is CC1CN(CC(=O)Nc2ccc([N+](=O)[O-])cc2)CC(C)O1. The number of rotatable bonds is 4. The number of morpholine rings is 1. The van der Waals surface area contributed by atoms with Gasteiger partial charge >= 0.3 is 0 Å². The summed E-state index contributed by atoms with van der Waals surface area (Å²) in [5, 5.41) is 13.3. The lowest BCUT2D eigenvalue weighted by atomic mass is 10.2. The zero-order chi connectivity index (χ0) is 15.4. The molecule has 2 unspecified atom stereocenters. The summed E-state index contributed by atoms with van der Waals surface area (Å²) in [4.78, 5) is 24.1. The summed E-state index contributed by atoms with van der Waals surface area (Å²) < 4.78 is 5.61. The fourth-order valence-electron chi connectivity index (χ4n) is 2.48. The highest BCUT2D eigenvalue weighted by molar-refractivity contribution is 5.92. The molecule has 1 aliphatic rings. The Labute approximate surface area is 123 Å². The lowest BCUT2D eigenvalue weighted by Gasteiger charge is -2.34. The van der Waals surface area contributed by atoms with Gasteiger partial charge in [-0.15, -0.1) is 0 Å². The second kappa shape index (κ2) is 6.64. The van der Waals surface area contributed by atoms with E-state index in [2.05, 4.69) is 5.32 Å². The van der Waals surface area contributed by atoms with Gasteiger partial charge < -0.3 is 10.1 Å². The van der Waals surface area contributed by atoms with Gasteiger partial charge in [-0.05, 0) is 26.0 Å². The molecular weight excluding hydrogens is 274 g/mol. The van der Waals surface area contributed by atoms with Gasteiger partial charge in [-0.1, -0.05) is 0 Å². The van der Waals surface area contributed by atoms with Gasteiger partial charge in [-0.2, -0.15) is 0 Å². The van der Waals surface area contributed by atoms with E-state index in [0.29, 0.717) is 5.69 Å². The molecule has 21 heavy (non-hydrogen) atoms. The highest BCUT2D eigenvalue weighted by atomic mass is 16.6. The van der Waals surface area contributed by atoms with Crippen molar-refractivity contribution in [1.82, 2.24) is 4.90 Å². The Morgan fingerprint density at radius 1 is 1.33 bits per heavy atom. The molecule has 114 valence electrons. The Morgan fingerprint density at radius 3 is 2.43 bits per heavy atom. The molecule has 0 saturated carbocycles. The number of nitrogens with one attached hydrogen (secondary N) is 1. The molecule has 1 amide bonds. The van der Waals surface area contributed by atoms with Crippen molar-refractivity contribution in [1.29, 1.82) is 0 Å². The van der Waals surface area contributed by atoms with Gasteiger partial charge in [0.1, 0.15) is 0 Å². The van der Waals surface area contributed by atoms with Crippen molar-refractivity contribution < 1.29 is 14.5 Å². The van der Waals surface area contributed by atoms with Gasteiger partial charge in [-0.3, -0.25) is 19.8 Å². The molecule has 0 bridgehead atoms. The van der Waals surface area contributed by atoms with E-state index in [1.807, 2.05) is 18.7 Å². The Kier molecular flexibility index (Phi) is 4.87. The quantitative estimate of drug-likeness (QED) is 0.674. The van der Waals surface area contributed by atoms with E-state index in [4.69, 9.17) is 4.74 Å². The Hall–Kier alpha value is -1.99. The number of hydrogen-bond donors (Lipinski definition) is 1. The van der Waals surface area contributed by atoms with Crippen LogP contribution in [0.2, 0.25) is 0 Å². The highest BCUT2D eigenvalue weighted by Crippen LogP contribution is 2.16. The molecule has 0 spiro atoms. The minimum Gasteiger partial charge on any atom is -0.373 e. The van der Waals surface area contributed by atoms with Crippen LogP contribution < -0.4 is 5.32 Å². The van der Waals surface area contributed by atoms with Gasteiger partial charge in [0.2, 0.25) is 5.91 Å². The topological polar surface area (TPSA) is 84.7 Å². The molecule has 2 atom stereocenters. The monoisotopic (exact) mass is 293 g/mol. The van der Waals surface area contributed by atoms with E-state index < -0.39 is 4.92 Å². The Balaban J connectivity index is 1.88. The van der Waals surface area contributed by atoms with Crippen LogP contribution in [0.3, 0.4) is 0 Å². The van der Waals surface area contributed by atoms with Crippen LogP contribution in [0.15, 0.2) is 24.3 Å². The third kappa shape index (κ3) is 4.51. The minimum atomic E-state index is -0.470. The number of hydrogen-bond acceptors (Lipinski definition) is 5. The van der Waals surface area contributed by atoms with Crippen LogP contribution in [-0.2, 0) is 9.53 Å². The van der Waals surface area contributed by atoms with E-state index in [1.165, 1.54) is 24.3 Å². The summed E-state index contributed by atoms with van der Waals surface area (Å²) in [7, 11) is 0. The number of benzene rings is 1. The van der Waals surface area contributed by atoms with Gasteiger partial charge in [0, 0.05) is 30.9 Å². The predicted molar refractivity (Wildman–Crippen MR) is 78.2 cm³/mol. The van der Waals surface area contributed by atoms with E-state index in [0.717, 1.165) is 13.1 Å². The van der Waals surface area contributed by atoms with Crippen LogP contribution in [0, 0.1) is 10.1 Å². The smallest absolute Gasteiger partial charge is 0.269 e. The van der Waals surface area contributed by atoms with Crippen molar-refractivity contribution in [2.45, 2.75) is 26.1 Å². The van der Waals surface area contributed by atoms with Gasteiger partial charge in [0.15, 0.2) is 0 Å². The van der Waals surface area contributed by atoms with Crippen LogP contribution in [0.4, 0.5) is 11.4 Å². The summed E-state index contributed by atoms with van der Waals surface area (Å²) in [5.41, 5.74) is 0.559. The molecule has 1 fully saturated rings. The molecule has 0 aliphatic carbocycles.